The molecule has 33 heavy (non-hydrogen) atoms. The molecule has 11 heteroatoms. The fourth-order valence-electron chi connectivity index (χ4n) is 4.22. The molecule has 3 atom stereocenters. The lowest BCUT2D eigenvalue weighted by atomic mass is 10.1. The molecule has 2 bridgehead atoms. The number of halogens is 4. The first kappa shape index (κ1) is 22.7. The lowest BCUT2D eigenvalue weighted by molar-refractivity contribution is -0.0915. The van der Waals surface area contributed by atoms with Gasteiger partial charge in [-0.2, -0.15) is 23.4 Å². The smallest absolute Gasteiger partial charge is 0.413 e. The largest absolute Gasteiger partial charge is 0.472 e. The van der Waals surface area contributed by atoms with Gasteiger partial charge in [-0.25, -0.2) is 9.38 Å². The van der Waals surface area contributed by atoms with Gasteiger partial charge in [0.15, 0.2) is 5.82 Å². The number of fused-ring (bicyclic) bond motifs is 2. The summed E-state index contributed by atoms with van der Waals surface area (Å²) in [6.45, 7) is 4.93. The van der Waals surface area contributed by atoms with Gasteiger partial charge in [-0.1, -0.05) is 12.6 Å². The van der Waals surface area contributed by atoms with Crippen molar-refractivity contribution < 1.29 is 27.1 Å². The van der Waals surface area contributed by atoms with E-state index < -0.39 is 29.6 Å². The van der Waals surface area contributed by atoms with Crippen molar-refractivity contribution in [2.45, 2.75) is 38.1 Å². The molecule has 7 nitrogen and oxygen atoms in total. The van der Waals surface area contributed by atoms with Gasteiger partial charge in [-0.05, 0) is 43.9 Å². The number of rotatable bonds is 5. The van der Waals surface area contributed by atoms with E-state index in [1.165, 1.54) is 36.7 Å². The number of carbonyl (C=O) groups is 1. The van der Waals surface area contributed by atoms with E-state index in [2.05, 4.69) is 21.8 Å². The van der Waals surface area contributed by atoms with E-state index in [4.69, 9.17) is 4.74 Å². The Balaban J connectivity index is 1.55. The number of carbonyl (C=O) groups excluding carboxylic acids is 1. The Kier molecular flexibility index (Phi) is 6.05. The molecule has 2 heterocycles. The van der Waals surface area contributed by atoms with Crippen LogP contribution in [0.3, 0.4) is 0 Å². The first-order valence-corrected chi connectivity index (χ1v) is 10.3. The van der Waals surface area contributed by atoms with Gasteiger partial charge in [0.2, 0.25) is 5.90 Å². The summed E-state index contributed by atoms with van der Waals surface area (Å²) in [6, 6.07) is 3.84. The maximum absolute atomic E-state index is 14.6. The number of allylic oxidation sites excluding steroid dienone is 1. The summed E-state index contributed by atoms with van der Waals surface area (Å²) in [5.74, 6) is -0.937. The standard InChI is InChI=1S/C22H21F4N5O2/c1-3-19(27-11-13(2)22(24,25)26)33-18-10-14-9-17(18)30(12-14)21(32)15-5-4-6-16(23)20(15)31-28-7-8-29-31/h3-8,11,14,17-18H,1,9-10,12H2,2H3/b13-11+,27-19?. The van der Waals surface area contributed by atoms with Gasteiger partial charge in [0, 0.05) is 18.3 Å². The zero-order valence-corrected chi connectivity index (χ0v) is 17.7. The highest BCUT2D eigenvalue weighted by Gasteiger charge is 2.49. The third kappa shape index (κ3) is 4.53. The van der Waals surface area contributed by atoms with Gasteiger partial charge in [0.25, 0.3) is 5.91 Å². The van der Waals surface area contributed by atoms with Crippen LogP contribution in [0.4, 0.5) is 17.6 Å². The van der Waals surface area contributed by atoms with Crippen LogP contribution in [-0.2, 0) is 4.74 Å². The minimum absolute atomic E-state index is 0.0474. The van der Waals surface area contributed by atoms with Crippen LogP contribution >= 0.6 is 0 Å². The minimum atomic E-state index is -4.49. The highest BCUT2D eigenvalue weighted by molar-refractivity contribution is 5.98. The van der Waals surface area contributed by atoms with Gasteiger partial charge in [-0.3, -0.25) is 4.79 Å². The van der Waals surface area contributed by atoms with Crippen LogP contribution in [-0.4, -0.2) is 56.6 Å². The Morgan fingerprint density at radius 1 is 1.27 bits per heavy atom. The lowest BCUT2D eigenvalue weighted by Gasteiger charge is -2.33. The van der Waals surface area contributed by atoms with Gasteiger partial charge < -0.3 is 9.64 Å². The van der Waals surface area contributed by atoms with E-state index in [1.807, 2.05) is 0 Å². The molecule has 1 aromatic carbocycles. The molecule has 1 aromatic heterocycles. The van der Waals surface area contributed by atoms with Gasteiger partial charge in [0.05, 0.1) is 24.0 Å². The normalized spacial score (nSPS) is 23.2. The second-order valence-electron chi connectivity index (χ2n) is 7.95. The third-order valence-electron chi connectivity index (χ3n) is 5.80. The van der Waals surface area contributed by atoms with Gasteiger partial charge >= 0.3 is 6.18 Å². The summed E-state index contributed by atoms with van der Waals surface area (Å²) in [7, 11) is 0. The number of para-hydroxylation sites is 1. The number of hydrogen-bond acceptors (Lipinski definition) is 5. The predicted octanol–water partition coefficient (Wildman–Crippen LogP) is 4.08. The molecule has 3 unspecified atom stereocenters. The van der Waals surface area contributed by atoms with Crippen molar-refractivity contribution in [2.75, 3.05) is 6.54 Å². The quantitative estimate of drug-likeness (QED) is 0.381. The zero-order valence-electron chi connectivity index (χ0n) is 17.7. The predicted molar refractivity (Wildman–Crippen MR) is 111 cm³/mol. The van der Waals surface area contributed by atoms with E-state index in [9.17, 15) is 22.4 Å². The first-order valence-electron chi connectivity index (χ1n) is 10.3. The second kappa shape index (κ2) is 8.80. The third-order valence-corrected chi connectivity index (χ3v) is 5.80. The average molecular weight is 463 g/mol. The summed E-state index contributed by atoms with van der Waals surface area (Å²) < 4.78 is 58.5. The molecule has 4 rings (SSSR count). The first-order chi connectivity index (χ1) is 15.7. The number of ether oxygens (including phenoxy) is 1. The van der Waals surface area contributed by atoms with E-state index >= 15 is 0 Å². The molecule has 1 aliphatic heterocycles. The van der Waals surface area contributed by atoms with Crippen LogP contribution in [0.15, 0.2) is 60.0 Å². The van der Waals surface area contributed by atoms with E-state index in [1.54, 1.807) is 4.90 Å². The molecular weight excluding hydrogens is 442 g/mol. The Morgan fingerprint density at radius 2 is 2.00 bits per heavy atom. The summed E-state index contributed by atoms with van der Waals surface area (Å²) in [5, 5.41) is 7.88. The van der Waals surface area contributed by atoms with Crippen LogP contribution in [0.1, 0.15) is 30.1 Å². The molecule has 2 aliphatic rings. The monoisotopic (exact) mass is 463 g/mol. The second-order valence-corrected chi connectivity index (χ2v) is 7.95. The number of alkyl halides is 3. The van der Waals surface area contributed by atoms with E-state index in [0.29, 0.717) is 25.6 Å². The number of aliphatic imine (C=N–C) groups is 1. The van der Waals surface area contributed by atoms with E-state index in [-0.39, 0.29) is 29.1 Å². The molecule has 174 valence electrons. The number of aromatic nitrogens is 3. The Labute approximate surface area is 187 Å². The molecule has 1 saturated heterocycles. The SMILES string of the molecule is C=CC(=N/C=C(\C)C(F)(F)F)OC1CC2CC1N(C(=O)c1cccc(F)c1-n1nccn1)C2. The molecule has 0 N–H and O–H groups in total. The summed E-state index contributed by atoms with van der Waals surface area (Å²) in [6.07, 6.45) is 1.01. The highest BCUT2D eigenvalue weighted by atomic mass is 19.4. The number of hydrogen-bond donors (Lipinski definition) is 0. The van der Waals surface area contributed by atoms with Crippen molar-refractivity contribution in [3.63, 3.8) is 0 Å². The maximum Gasteiger partial charge on any atom is 0.413 e. The Bertz CT molecular complexity index is 1110. The summed E-state index contributed by atoms with van der Waals surface area (Å²) in [5.41, 5.74) is -0.811. The van der Waals surface area contributed by atoms with E-state index in [0.717, 1.165) is 11.7 Å². The van der Waals surface area contributed by atoms with Crippen LogP contribution in [0.2, 0.25) is 0 Å². The topological polar surface area (TPSA) is 72.6 Å². The number of nitrogens with zero attached hydrogens (tertiary/aromatic N) is 5. The minimum Gasteiger partial charge on any atom is -0.472 e. The summed E-state index contributed by atoms with van der Waals surface area (Å²) >= 11 is 0. The van der Waals surface area contributed by atoms with Crippen molar-refractivity contribution in [2.24, 2.45) is 10.9 Å². The lowest BCUT2D eigenvalue weighted by Crippen LogP contribution is -2.46. The van der Waals surface area contributed by atoms with Crippen molar-refractivity contribution in [1.29, 1.82) is 0 Å². The molecule has 2 aromatic rings. The molecule has 2 fully saturated rings. The highest BCUT2D eigenvalue weighted by Crippen LogP contribution is 2.40. The molecule has 1 saturated carbocycles. The Hall–Kier alpha value is -3.50. The molecule has 1 aliphatic carbocycles. The Morgan fingerprint density at radius 3 is 2.64 bits per heavy atom. The zero-order chi connectivity index (χ0) is 23.8. The van der Waals surface area contributed by atoms with Crippen LogP contribution < -0.4 is 0 Å². The number of amides is 1. The van der Waals surface area contributed by atoms with Gasteiger partial charge in [0.1, 0.15) is 11.8 Å². The molecule has 1 amide bonds. The molecule has 0 spiro atoms. The average Bonchev–Trinajstić information content (AvgIpc) is 3.52. The van der Waals surface area contributed by atoms with Crippen molar-refractivity contribution in [3.05, 3.63) is 66.4 Å². The van der Waals surface area contributed by atoms with Crippen LogP contribution in [0.25, 0.3) is 5.69 Å². The molecule has 0 radical (unpaired) electrons. The fourth-order valence-corrected chi connectivity index (χ4v) is 4.22. The number of benzene rings is 1. The van der Waals surface area contributed by atoms with Crippen molar-refractivity contribution >= 4 is 11.8 Å². The van der Waals surface area contributed by atoms with Crippen LogP contribution in [0, 0.1) is 11.7 Å². The molecular formula is C22H21F4N5O2. The maximum atomic E-state index is 14.6. The van der Waals surface area contributed by atoms with Crippen molar-refractivity contribution in [1.82, 2.24) is 19.9 Å². The van der Waals surface area contributed by atoms with Gasteiger partial charge in [-0.15, -0.1) is 4.80 Å². The number of piperidine rings is 1. The number of likely N-dealkylation sites (tertiary alicyclic amines) is 1. The van der Waals surface area contributed by atoms with Crippen molar-refractivity contribution in [3.8, 4) is 5.69 Å². The fraction of sp³-hybridized carbons (Fsp3) is 0.364. The summed E-state index contributed by atoms with van der Waals surface area (Å²) in [4.78, 5) is 19.8. The van der Waals surface area contributed by atoms with Crippen LogP contribution in [0.5, 0.6) is 0 Å².